The van der Waals surface area contributed by atoms with Gasteiger partial charge in [-0.3, -0.25) is 0 Å². The molecule has 9 heteroatoms. The van der Waals surface area contributed by atoms with Crippen LogP contribution in [0.2, 0.25) is 0 Å². The molecule has 2 heterocycles. The van der Waals surface area contributed by atoms with E-state index in [9.17, 15) is 0 Å². The van der Waals surface area contributed by atoms with E-state index >= 15 is 0 Å². The fraction of sp³-hybridized carbons (Fsp3) is 0.409. The maximum absolute atomic E-state index is 6.13. The van der Waals surface area contributed by atoms with Gasteiger partial charge in [0, 0.05) is 17.5 Å². The molecule has 2 aromatic carbocycles. The smallest absolute Gasteiger partial charge is 0.250 e. The molecule has 0 spiro atoms. The molecule has 1 saturated heterocycles. The number of hydrogen-bond acceptors (Lipinski definition) is 6. The number of hydrogen-bond donors (Lipinski definition) is 1. The Bertz CT molecular complexity index is 1050. The number of likely N-dealkylation sites (tertiary alicyclic amines) is 1. The number of anilines is 1. The molecule has 0 saturated carbocycles. The first-order chi connectivity index (χ1) is 15.0. The highest BCUT2D eigenvalue weighted by Crippen LogP contribution is 2.38. The minimum absolute atomic E-state index is 0.0874. The van der Waals surface area contributed by atoms with E-state index < -0.39 is 3.79 Å². The number of rotatable bonds is 7. The predicted octanol–water partition coefficient (Wildman–Crippen LogP) is 5.42. The van der Waals surface area contributed by atoms with Gasteiger partial charge in [0.1, 0.15) is 5.75 Å². The minimum atomic E-state index is -1.76. The topological polar surface area (TPSA) is 63.2 Å². The van der Waals surface area contributed by atoms with Crippen molar-refractivity contribution < 1.29 is 4.74 Å². The van der Waals surface area contributed by atoms with E-state index in [2.05, 4.69) is 25.2 Å². The average Bonchev–Trinajstić information content (AvgIpc) is 3.29. The summed E-state index contributed by atoms with van der Waals surface area (Å²) in [7, 11) is 1.65. The monoisotopic (exact) mass is 479 g/mol. The molecule has 1 aromatic heterocycles. The Morgan fingerprint density at radius 1 is 1.00 bits per heavy atom. The molecule has 164 valence electrons. The van der Waals surface area contributed by atoms with Gasteiger partial charge < -0.3 is 15.0 Å². The maximum atomic E-state index is 6.13. The van der Waals surface area contributed by atoms with Crippen molar-refractivity contribution in [3.05, 3.63) is 42.2 Å². The number of nitrogens with one attached hydrogen (secondary N) is 1. The number of nitrogens with zero attached hydrogens (tertiary/aromatic N) is 4. The van der Waals surface area contributed by atoms with Gasteiger partial charge in [-0.1, -0.05) is 59.1 Å². The van der Waals surface area contributed by atoms with Crippen LogP contribution >= 0.6 is 34.8 Å². The second-order valence-corrected chi connectivity index (χ2v) is 9.78. The first kappa shape index (κ1) is 22.3. The number of aromatic nitrogens is 3. The Hall–Kier alpha value is -1.86. The number of ether oxygens (including phenoxy) is 1. The number of halogens is 3. The highest BCUT2D eigenvalue weighted by atomic mass is 35.6. The molecule has 0 unspecified atom stereocenters. The fourth-order valence-corrected chi connectivity index (χ4v) is 4.11. The normalized spacial score (nSPS) is 14.8. The summed E-state index contributed by atoms with van der Waals surface area (Å²) in [6.45, 7) is 4.13. The maximum Gasteiger partial charge on any atom is 0.250 e. The SMILES string of the molecule is COc1ccc(-c2nc(NCCCN3CCCC3)nc(C(Cl)(Cl)Cl)n2)c2ccccc12. The molecular weight excluding hydrogens is 457 g/mol. The Morgan fingerprint density at radius 3 is 2.45 bits per heavy atom. The van der Waals surface area contributed by atoms with E-state index in [0.717, 1.165) is 41.6 Å². The van der Waals surface area contributed by atoms with Gasteiger partial charge in [-0.2, -0.15) is 9.97 Å². The molecule has 1 fully saturated rings. The molecule has 1 aliphatic heterocycles. The number of alkyl halides is 3. The zero-order valence-electron chi connectivity index (χ0n) is 17.2. The van der Waals surface area contributed by atoms with Crippen molar-refractivity contribution in [2.45, 2.75) is 23.1 Å². The van der Waals surface area contributed by atoms with Crippen LogP contribution in [0.15, 0.2) is 36.4 Å². The van der Waals surface area contributed by atoms with Crippen LogP contribution in [0.5, 0.6) is 5.75 Å². The van der Waals surface area contributed by atoms with Gasteiger partial charge in [0.25, 0.3) is 0 Å². The summed E-state index contributed by atoms with van der Waals surface area (Å²) < 4.78 is 3.74. The van der Waals surface area contributed by atoms with Gasteiger partial charge in [-0.15, -0.1) is 0 Å². The highest BCUT2D eigenvalue weighted by molar-refractivity contribution is 6.66. The quantitative estimate of drug-likeness (QED) is 0.360. The molecule has 4 rings (SSSR count). The first-order valence-electron chi connectivity index (χ1n) is 10.3. The van der Waals surface area contributed by atoms with Crippen LogP contribution in [0.4, 0.5) is 5.95 Å². The Morgan fingerprint density at radius 2 is 1.74 bits per heavy atom. The van der Waals surface area contributed by atoms with Gasteiger partial charge in [-0.25, -0.2) is 4.98 Å². The van der Waals surface area contributed by atoms with Crippen molar-refractivity contribution in [2.75, 3.05) is 38.6 Å². The van der Waals surface area contributed by atoms with Crippen LogP contribution in [-0.4, -0.2) is 53.1 Å². The summed E-state index contributed by atoms with van der Waals surface area (Å²) in [6, 6.07) is 11.7. The highest BCUT2D eigenvalue weighted by Gasteiger charge is 2.29. The molecule has 0 radical (unpaired) electrons. The van der Waals surface area contributed by atoms with Crippen molar-refractivity contribution in [1.82, 2.24) is 19.9 Å². The summed E-state index contributed by atoms with van der Waals surface area (Å²) in [4.78, 5) is 15.9. The second kappa shape index (κ2) is 9.74. The lowest BCUT2D eigenvalue weighted by molar-refractivity contribution is 0.337. The summed E-state index contributed by atoms with van der Waals surface area (Å²) in [5.41, 5.74) is 0.814. The van der Waals surface area contributed by atoms with E-state index in [0.29, 0.717) is 11.8 Å². The molecule has 0 atom stereocenters. The van der Waals surface area contributed by atoms with Gasteiger partial charge in [0.2, 0.25) is 9.74 Å². The van der Waals surface area contributed by atoms with Crippen molar-refractivity contribution in [3.8, 4) is 17.1 Å². The largest absolute Gasteiger partial charge is 0.496 e. The van der Waals surface area contributed by atoms with Crippen molar-refractivity contribution in [2.24, 2.45) is 0 Å². The lowest BCUT2D eigenvalue weighted by Gasteiger charge is -2.16. The number of fused-ring (bicyclic) bond motifs is 1. The zero-order valence-corrected chi connectivity index (χ0v) is 19.5. The van der Waals surface area contributed by atoms with E-state index in [1.807, 2.05) is 36.4 Å². The number of methoxy groups -OCH3 is 1. The van der Waals surface area contributed by atoms with Crippen molar-refractivity contribution >= 4 is 51.5 Å². The summed E-state index contributed by atoms with van der Waals surface area (Å²) in [6.07, 6.45) is 3.55. The Balaban J connectivity index is 1.64. The van der Waals surface area contributed by atoms with Crippen LogP contribution in [0.1, 0.15) is 25.1 Å². The molecular formula is C22H24Cl3N5O. The molecule has 0 bridgehead atoms. The zero-order chi connectivity index (χ0) is 21.8. The fourth-order valence-electron chi connectivity index (χ4n) is 3.86. The lowest BCUT2D eigenvalue weighted by Crippen LogP contribution is -2.23. The van der Waals surface area contributed by atoms with Gasteiger partial charge in [-0.05, 0) is 56.4 Å². The van der Waals surface area contributed by atoms with Gasteiger partial charge >= 0.3 is 0 Å². The standard InChI is InChI=1S/C22H24Cl3N5O/c1-31-18-10-9-17(15-7-2-3-8-16(15)18)19-27-20(22(23,24)25)29-21(28-19)26-11-6-14-30-12-4-5-13-30/h2-3,7-10H,4-6,11-14H2,1H3,(H,26,27,28,29). The van der Waals surface area contributed by atoms with Crippen LogP contribution in [-0.2, 0) is 3.79 Å². The third kappa shape index (κ3) is 5.32. The molecule has 1 aliphatic rings. The van der Waals surface area contributed by atoms with E-state index in [1.165, 1.54) is 25.9 Å². The van der Waals surface area contributed by atoms with Crippen LogP contribution in [0.25, 0.3) is 22.2 Å². The minimum Gasteiger partial charge on any atom is -0.496 e. The van der Waals surface area contributed by atoms with E-state index in [1.54, 1.807) is 7.11 Å². The average molecular weight is 481 g/mol. The molecule has 3 aromatic rings. The molecule has 31 heavy (non-hydrogen) atoms. The van der Waals surface area contributed by atoms with Gasteiger partial charge in [0.05, 0.1) is 7.11 Å². The van der Waals surface area contributed by atoms with Crippen LogP contribution in [0.3, 0.4) is 0 Å². The third-order valence-corrected chi connectivity index (χ3v) is 5.87. The second-order valence-electron chi connectivity index (χ2n) is 7.49. The summed E-state index contributed by atoms with van der Waals surface area (Å²) >= 11 is 18.4. The van der Waals surface area contributed by atoms with E-state index in [4.69, 9.17) is 39.5 Å². The van der Waals surface area contributed by atoms with Crippen LogP contribution < -0.4 is 10.1 Å². The molecule has 1 N–H and O–H groups in total. The Labute approximate surface area is 196 Å². The van der Waals surface area contributed by atoms with Gasteiger partial charge in [0.15, 0.2) is 11.6 Å². The third-order valence-electron chi connectivity index (χ3n) is 5.37. The van der Waals surface area contributed by atoms with Crippen LogP contribution in [0, 0.1) is 0 Å². The van der Waals surface area contributed by atoms with E-state index in [-0.39, 0.29) is 5.82 Å². The molecule has 6 nitrogen and oxygen atoms in total. The Kier molecular flexibility index (Phi) is 7.02. The lowest BCUT2D eigenvalue weighted by atomic mass is 10.0. The predicted molar refractivity (Wildman–Crippen MR) is 127 cm³/mol. The summed E-state index contributed by atoms with van der Waals surface area (Å²) in [5.74, 6) is 1.70. The molecule has 0 amide bonds. The number of benzene rings is 2. The van der Waals surface area contributed by atoms with Crippen molar-refractivity contribution in [1.29, 1.82) is 0 Å². The summed E-state index contributed by atoms with van der Waals surface area (Å²) in [5, 5.41) is 5.18. The van der Waals surface area contributed by atoms with Crippen molar-refractivity contribution in [3.63, 3.8) is 0 Å². The first-order valence-corrected chi connectivity index (χ1v) is 11.4. The molecule has 0 aliphatic carbocycles.